The maximum atomic E-state index is 12.3. The summed E-state index contributed by atoms with van der Waals surface area (Å²) in [6.45, 7) is 5.81. The van der Waals surface area contributed by atoms with Gasteiger partial charge in [0.05, 0.1) is 5.69 Å². The molecule has 0 saturated carbocycles. The van der Waals surface area contributed by atoms with Crippen molar-refractivity contribution in [2.75, 3.05) is 5.32 Å². The monoisotopic (exact) mass is 310 g/mol. The molecule has 0 aliphatic rings. The summed E-state index contributed by atoms with van der Waals surface area (Å²) in [4.78, 5) is 12.3. The highest BCUT2D eigenvalue weighted by Crippen LogP contribution is 2.19. The molecule has 0 unspecified atom stereocenters. The molecule has 6 heteroatoms. The van der Waals surface area contributed by atoms with E-state index in [0.717, 1.165) is 29.3 Å². The zero-order valence-electron chi connectivity index (χ0n) is 13.3. The molecule has 2 heterocycles. The summed E-state index contributed by atoms with van der Waals surface area (Å²) in [6.07, 6.45) is 2.40. The first-order valence-corrected chi connectivity index (χ1v) is 7.46. The van der Waals surface area contributed by atoms with Crippen molar-refractivity contribution in [2.24, 2.45) is 0 Å². The number of amides is 1. The number of benzene rings is 1. The van der Waals surface area contributed by atoms with E-state index < -0.39 is 0 Å². The van der Waals surface area contributed by atoms with E-state index in [1.165, 1.54) is 0 Å². The van der Waals surface area contributed by atoms with Crippen LogP contribution in [0.4, 0.5) is 5.69 Å². The summed E-state index contributed by atoms with van der Waals surface area (Å²) in [5, 5.41) is 10.7. The number of hydrogen-bond acceptors (Lipinski definition) is 4. The first-order chi connectivity index (χ1) is 11.1. The van der Waals surface area contributed by atoms with Gasteiger partial charge in [-0.1, -0.05) is 13.0 Å². The van der Waals surface area contributed by atoms with Crippen molar-refractivity contribution >= 4 is 11.6 Å². The van der Waals surface area contributed by atoms with Crippen LogP contribution in [0.2, 0.25) is 0 Å². The maximum Gasteiger partial charge on any atom is 0.291 e. The fourth-order valence-corrected chi connectivity index (χ4v) is 2.46. The van der Waals surface area contributed by atoms with Crippen molar-refractivity contribution in [3.8, 4) is 5.69 Å². The zero-order valence-corrected chi connectivity index (χ0v) is 13.3. The lowest BCUT2D eigenvalue weighted by Gasteiger charge is -2.07. The third-order valence-corrected chi connectivity index (χ3v) is 3.67. The van der Waals surface area contributed by atoms with Crippen LogP contribution in [0.25, 0.3) is 5.69 Å². The molecule has 1 amide bonds. The molecule has 2 aromatic heterocycles. The SMILES string of the molecule is CCc1oc(C(=O)Nc2cccc(-n3cnnc3C)c2)cc1C. The van der Waals surface area contributed by atoms with Gasteiger partial charge in [-0.05, 0) is 43.7 Å². The Morgan fingerprint density at radius 2 is 2.13 bits per heavy atom. The van der Waals surface area contributed by atoms with Gasteiger partial charge in [0, 0.05) is 12.1 Å². The Hall–Kier alpha value is -2.89. The molecule has 6 nitrogen and oxygen atoms in total. The molecule has 0 spiro atoms. The van der Waals surface area contributed by atoms with Gasteiger partial charge in [-0.25, -0.2) is 0 Å². The van der Waals surface area contributed by atoms with E-state index in [0.29, 0.717) is 11.4 Å². The molecule has 0 fully saturated rings. The van der Waals surface area contributed by atoms with Gasteiger partial charge in [-0.15, -0.1) is 10.2 Å². The van der Waals surface area contributed by atoms with E-state index in [4.69, 9.17) is 4.42 Å². The average Bonchev–Trinajstić information content (AvgIpc) is 3.13. The van der Waals surface area contributed by atoms with Crippen LogP contribution in [0.3, 0.4) is 0 Å². The number of carbonyl (C=O) groups is 1. The number of aromatic nitrogens is 3. The smallest absolute Gasteiger partial charge is 0.291 e. The molecule has 118 valence electrons. The molecule has 0 saturated heterocycles. The van der Waals surface area contributed by atoms with Crippen LogP contribution in [0, 0.1) is 13.8 Å². The second kappa shape index (κ2) is 6.08. The molecular formula is C17H18N4O2. The molecule has 1 aromatic carbocycles. The summed E-state index contributed by atoms with van der Waals surface area (Å²) in [7, 11) is 0. The minimum Gasteiger partial charge on any atom is -0.456 e. The average molecular weight is 310 g/mol. The normalized spacial score (nSPS) is 10.7. The van der Waals surface area contributed by atoms with Crippen LogP contribution < -0.4 is 5.32 Å². The molecule has 23 heavy (non-hydrogen) atoms. The predicted molar refractivity (Wildman–Crippen MR) is 86.9 cm³/mol. The van der Waals surface area contributed by atoms with Gasteiger partial charge >= 0.3 is 0 Å². The van der Waals surface area contributed by atoms with E-state index in [1.807, 2.05) is 49.6 Å². The molecule has 0 bridgehead atoms. The lowest BCUT2D eigenvalue weighted by atomic mass is 10.2. The van der Waals surface area contributed by atoms with Gasteiger partial charge in [-0.2, -0.15) is 0 Å². The van der Waals surface area contributed by atoms with Crippen LogP contribution >= 0.6 is 0 Å². The molecule has 0 radical (unpaired) electrons. The van der Waals surface area contributed by atoms with E-state index >= 15 is 0 Å². The van der Waals surface area contributed by atoms with Crippen LogP contribution in [0.5, 0.6) is 0 Å². The Balaban J connectivity index is 1.82. The summed E-state index contributed by atoms with van der Waals surface area (Å²) in [5.74, 6) is 1.68. The zero-order chi connectivity index (χ0) is 16.4. The highest BCUT2D eigenvalue weighted by atomic mass is 16.4. The third-order valence-electron chi connectivity index (χ3n) is 3.67. The number of anilines is 1. The van der Waals surface area contributed by atoms with E-state index in [-0.39, 0.29) is 5.91 Å². The van der Waals surface area contributed by atoms with Crippen LogP contribution in [-0.4, -0.2) is 20.7 Å². The highest BCUT2D eigenvalue weighted by Gasteiger charge is 2.14. The summed E-state index contributed by atoms with van der Waals surface area (Å²) in [6, 6.07) is 9.26. The largest absolute Gasteiger partial charge is 0.456 e. The third kappa shape index (κ3) is 3.01. The van der Waals surface area contributed by atoms with E-state index in [1.54, 1.807) is 12.4 Å². The van der Waals surface area contributed by atoms with Crippen LogP contribution in [0.15, 0.2) is 41.1 Å². The standard InChI is InChI=1S/C17H18N4O2/c1-4-15-11(2)8-16(23-15)17(22)19-13-6-5-7-14(9-13)21-10-18-20-12(21)3/h5-10H,4H2,1-3H3,(H,19,22). The molecule has 1 N–H and O–H groups in total. The predicted octanol–water partition coefficient (Wildman–Crippen LogP) is 3.29. The maximum absolute atomic E-state index is 12.3. The summed E-state index contributed by atoms with van der Waals surface area (Å²) in [5.41, 5.74) is 2.56. The van der Waals surface area contributed by atoms with Crippen molar-refractivity contribution < 1.29 is 9.21 Å². The quantitative estimate of drug-likeness (QED) is 0.802. The fourth-order valence-electron chi connectivity index (χ4n) is 2.46. The Morgan fingerprint density at radius 3 is 2.78 bits per heavy atom. The van der Waals surface area contributed by atoms with Crippen molar-refractivity contribution in [3.05, 3.63) is 59.6 Å². The second-order valence-electron chi connectivity index (χ2n) is 5.32. The number of carbonyl (C=O) groups excluding carboxylic acids is 1. The van der Waals surface area contributed by atoms with E-state index in [9.17, 15) is 4.79 Å². The Bertz CT molecular complexity index is 848. The number of nitrogens with zero attached hydrogens (tertiary/aromatic N) is 3. The first kappa shape index (κ1) is 15.0. The van der Waals surface area contributed by atoms with E-state index in [2.05, 4.69) is 15.5 Å². The lowest BCUT2D eigenvalue weighted by molar-refractivity contribution is 0.0995. The minimum absolute atomic E-state index is 0.259. The van der Waals surface area contributed by atoms with Gasteiger partial charge in [0.25, 0.3) is 5.91 Å². The number of aryl methyl sites for hydroxylation is 3. The van der Waals surface area contributed by atoms with Crippen molar-refractivity contribution in [3.63, 3.8) is 0 Å². The molecule has 3 rings (SSSR count). The van der Waals surface area contributed by atoms with Crippen molar-refractivity contribution in [1.82, 2.24) is 14.8 Å². The number of nitrogens with one attached hydrogen (secondary N) is 1. The Labute approximate surface area is 134 Å². The molecule has 0 atom stereocenters. The van der Waals surface area contributed by atoms with Gasteiger partial charge in [0.1, 0.15) is 17.9 Å². The van der Waals surface area contributed by atoms with Gasteiger partial charge in [-0.3, -0.25) is 9.36 Å². The summed E-state index contributed by atoms with van der Waals surface area (Å²) < 4.78 is 7.43. The van der Waals surface area contributed by atoms with Gasteiger partial charge in [0.15, 0.2) is 5.76 Å². The number of hydrogen-bond donors (Lipinski definition) is 1. The van der Waals surface area contributed by atoms with Crippen LogP contribution in [-0.2, 0) is 6.42 Å². The molecule has 0 aliphatic heterocycles. The first-order valence-electron chi connectivity index (χ1n) is 7.46. The van der Waals surface area contributed by atoms with Gasteiger partial charge < -0.3 is 9.73 Å². The fraction of sp³-hybridized carbons (Fsp3) is 0.235. The molecule has 0 aliphatic carbocycles. The Kier molecular flexibility index (Phi) is 3.97. The minimum atomic E-state index is -0.259. The Morgan fingerprint density at radius 1 is 1.30 bits per heavy atom. The highest BCUT2D eigenvalue weighted by molar-refractivity contribution is 6.02. The summed E-state index contributed by atoms with van der Waals surface area (Å²) >= 11 is 0. The number of rotatable bonds is 4. The van der Waals surface area contributed by atoms with Crippen molar-refractivity contribution in [2.45, 2.75) is 27.2 Å². The lowest BCUT2D eigenvalue weighted by Crippen LogP contribution is -2.11. The van der Waals surface area contributed by atoms with Crippen LogP contribution in [0.1, 0.15) is 34.6 Å². The molecular weight excluding hydrogens is 292 g/mol. The van der Waals surface area contributed by atoms with Crippen molar-refractivity contribution in [1.29, 1.82) is 0 Å². The topological polar surface area (TPSA) is 73.0 Å². The van der Waals surface area contributed by atoms with Gasteiger partial charge in [0.2, 0.25) is 0 Å². The second-order valence-corrected chi connectivity index (χ2v) is 5.32. The number of furan rings is 1. The molecule has 3 aromatic rings.